The summed E-state index contributed by atoms with van der Waals surface area (Å²) >= 11 is 0. The van der Waals surface area contributed by atoms with E-state index >= 15 is 0 Å². The van der Waals surface area contributed by atoms with E-state index in [-0.39, 0.29) is 36.2 Å². The SMILES string of the molecule is CCCCCCCCCCCCCCOCCOCCO.[NaH]. The van der Waals surface area contributed by atoms with Crippen LogP contribution in [0.4, 0.5) is 0 Å². The van der Waals surface area contributed by atoms with Crippen molar-refractivity contribution in [3.63, 3.8) is 0 Å². The molecule has 0 aliphatic heterocycles. The molecule has 0 aliphatic carbocycles. The van der Waals surface area contributed by atoms with Gasteiger partial charge < -0.3 is 14.6 Å². The van der Waals surface area contributed by atoms with Gasteiger partial charge in [-0.3, -0.25) is 0 Å². The first-order valence-electron chi connectivity index (χ1n) is 9.18. The molecule has 0 aromatic carbocycles. The molecule has 4 heteroatoms. The van der Waals surface area contributed by atoms with Gasteiger partial charge in [-0.2, -0.15) is 0 Å². The van der Waals surface area contributed by atoms with E-state index in [0.29, 0.717) is 19.8 Å². The Labute approximate surface area is 160 Å². The minimum atomic E-state index is 0. The monoisotopic (exact) mass is 326 g/mol. The molecule has 0 atom stereocenters. The Balaban J connectivity index is 0. The molecule has 0 unspecified atom stereocenters. The van der Waals surface area contributed by atoms with E-state index in [9.17, 15) is 0 Å². The fourth-order valence-corrected chi connectivity index (χ4v) is 2.43. The Morgan fingerprint density at radius 3 is 1.41 bits per heavy atom. The van der Waals surface area contributed by atoms with Crippen molar-refractivity contribution in [1.29, 1.82) is 0 Å². The molecule has 22 heavy (non-hydrogen) atoms. The van der Waals surface area contributed by atoms with Crippen LogP contribution in [-0.2, 0) is 9.47 Å². The molecule has 0 spiro atoms. The van der Waals surface area contributed by atoms with E-state index in [1.165, 1.54) is 70.6 Å². The van der Waals surface area contributed by atoms with Gasteiger partial charge in [0.2, 0.25) is 0 Å². The second kappa shape index (κ2) is 24.1. The van der Waals surface area contributed by atoms with Crippen LogP contribution in [0.5, 0.6) is 0 Å². The van der Waals surface area contributed by atoms with Crippen LogP contribution in [-0.4, -0.2) is 67.7 Å². The summed E-state index contributed by atoms with van der Waals surface area (Å²) in [5.41, 5.74) is 0. The summed E-state index contributed by atoms with van der Waals surface area (Å²) in [4.78, 5) is 0. The molecule has 130 valence electrons. The maximum atomic E-state index is 8.53. The van der Waals surface area contributed by atoms with Crippen LogP contribution in [0, 0.1) is 0 Å². The van der Waals surface area contributed by atoms with Gasteiger partial charge in [-0.25, -0.2) is 0 Å². The van der Waals surface area contributed by atoms with Crippen LogP contribution in [0.2, 0.25) is 0 Å². The summed E-state index contributed by atoms with van der Waals surface area (Å²) in [6.45, 7) is 4.88. The van der Waals surface area contributed by atoms with Gasteiger partial charge in [0.25, 0.3) is 0 Å². The fraction of sp³-hybridized carbons (Fsp3) is 1.00. The predicted octanol–water partition coefficient (Wildman–Crippen LogP) is 4.06. The summed E-state index contributed by atoms with van der Waals surface area (Å²) in [5.74, 6) is 0. The maximum absolute atomic E-state index is 8.53. The molecular weight excluding hydrogens is 287 g/mol. The Morgan fingerprint density at radius 1 is 0.545 bits per heavy atom. The normalized spacial score (nSPS) is 10.6. The molecule has 0 heterocycles. The van der Waals surface area contributed by atoms with Crippen LogP contribution in [0.3, 0.4) is 0 Å². The standard InChI is InChI=1S/C18H38O3.Na.H/c1-2-3-4-5-6-7-8-9-10-11-12-13-15-20-17-18-21-16-14-19;;/h19H,2-18H2,1H3;;. The van der Waals surface area contributed by atoms with Crippen LogP contribution in [0.25, 0.3) is 0 Å². The summed E-state index contributed by atoms with van der Waals surface area (Å²) in [5, 5.41) is 8.53. The van der Waals surface area contributed by atoms with Crippen LogP contribution < -0.4 is 0 Å². The number of ether oxygens (including phenoxy) is 2. The van der Waals surface area contributed by atoms with Crippen molar-refractivity contribution in [2.24, 2.45) is 0 Å². The topological polar surface area (TPSA) is 38.7 Å². The minimum absolute atomic E-state index is 0. The summed E-state index contributed by atoms with van der Waals surface area (Å²) < 4.78 is 10.6. The average Bonchev–Trinajstić information content (AvgIpc) is 2.50. The number of hydrogen-bond acceptors (Lipinski definition) is 3. The van der Waals surface area contributed by atoms with E-state index in [2.05, 4.69) is 6.92 Å². The van der Waals surface area contributed by atoms with E-state index in [4.69, 9.17) is 14.6 Å². The number of rotatable bonds is 18. The molecule has 0 radical (unpaired) electrons. The van der Waals surface area contributed by atoms with Gasteiger partial charge in [-0.05, 0) is 6.42 Å². The van der Waals surface area contributed by atoms with Crippen molar-refractivity contribution in [3.8, 4) is 0 Å². The van der Waals surface area contributed by atoms with E-state index in [0.717, 1.165) is 13.0 Å². The van der Waals surface area contributed by atoms with Gasteiger partial charge in [0.1, 0.15) is 0 Å². The number of aliphatic hydroxyl groups excluding tert-OH is 1. The number of aliphatic hydroxyl groups is 1. The Kier molecular flexibility index (Phi) is 27.6. The second-order valence-corrected chi connectivity index (χ2v) is 5.84. The van der Waals surface area contributed by atoms with Crippen molar-refractivity contribution in [2.45, 2.75) is 84.0 Å². The third-order valence-electron chi connectivity index (χ3n) is 3.75. The Hall–Kier alpha value is 0.880. The van der Waals surface area contributed by atoms with E-state index in [1.807, 2.05) is 0 Å². The zero-order valence-electron chi connectivity index (χ0n) is 14.3. The number of unbranched alkanes of at least 4 members (excludes halogenated alkanes) is 11. The van der Waals surface area contributed by atoms with Crippen molar-refractivity contribution in [1.82, 2.24) is 0 Å². The first-order chi connectivity index (χ1) is 10.4. The van der Waals surface area contributed by atoms with Crippen LogP contribution >= 0.6 is 0 Å². The molecule has 0 amide bonds. The van der Waals surface area contributed by atoms with Gasteiger partial charge in [0.15, 0.2) is 0 Å². The zero-order chi connectivity index (χ0) is 15.4. The third-order valence-corrected chi connectivity index (χ3v) is 3.75. The van der Waals surface area contributed by atoms with E-state index in [1.54, 1.807) is 0 Å². The van der Waals surface area contributed by atoms with Crippen molar-refractivity contribution in [3.05, 3.63) is 0 Å². The molecule has 1 N–H and O–H groups in total. The first kappa shape index (κ1) is 25.1. The zero-order valence-corrected chi connectivity index (χ0v) is 14.3. The summed E-state index contributed by atoms with van der Waals surface area (Å²) in [6, 6.07) is 0. The van der Waals surface area contributed by atoms with Gasteiger partial charge in [0, 0.05) is 6.61 Å². The van der Waals surface area contributed by atoms with Gasteiger partial charge >= 0.3 is 29.6 Å². The fourth-order valence-electron chi connectivity index (χ4n) is 2.43. The predicted molar refractivity (Wildman–Crippen MR) is 97.0 cm³/mol. The molecule has 0 rings (SSSR count). The van der Waals surface area contributed by atoms with Crippen molar-refractivity contribution in [2.75, 3.05) is 33.0 Å². The molecule has 0 aromatic heterocycles. The molecule has 0 saturated carbocycles. The molecule has 3 nitrogen and oxygen atoms in total. The second-order valence-electron chi connectivity index (χ2n) is 5.84. The first-order valence-corrected chi connectivity index (χ1v) is 9.18. The molecular formula is C18H39NaO3. The molecule has 0 aliphatic rings. The molecule has 0 aromatic rings. The Morgan fingerprint density at radius 2 is 0.955 bits per heavy atom. The third kappa shape index (κ3) is 23.2. The van der Waals surface area contributed by atoms with E-state index < -0.39 is 0 Å². The molecule has 0 fully saturated rings. The van der Waals surface area contributed by atoms with Gasteiger partial charge in [-0.15, -0.1) is 0 Å². The Bertz CT molecular complexity index is 162. The molecule has 0 saturated heterocycles. The quantitative estimate of drug-likeness (QED) is 0.305. The van der Waals surface area contributed by atoms with Crippen molar-refractivity contribution >= 4 is 29.6 Å². The van der Waals surface area contributed by atoms with Gasteiger partial charge in [-0.1, -0.05) is 77.6 Å². The number of hydrogen-bond donors (Lipinski definition) is 1. The summed E-state index contributed by atoms with van der Waals surface area (Å²) in [6.07, 6.45) is 16.5. The van der Waals surface area contributed by atoms with Crippen LogP contribution in [0.1, 0.15) is 84.0 Å². The summed E-state index contributed by atoms with van der Waals surface area (Å²) in [7, 11) is 0. The average molecular weight is 326 g/mol. The van der Waals surface area contributed by atoms with Crippen LogP contribution in [0.15, 0.2) is 0 Å². The van der Waals surface area contributed by atoms with Crippen molar-refractivity contribution < 1.29 is 14.6 Å². The molecule has 0 bridgehead atoms. The van der Waals surface area contributed by atoms with Gasteiger partial charge in [0.05, 0.1) is 26.4 Å².